The van der Waals surface area contributed by atoms with Crippen LogP contribution in [0.4, 0.5) is 5.69 Å². The van der Waals surface area contributed by atoms with Crippen LogP contribution in [-0.4, -0.2) is 85.7 Å². The summed E-state index contributed by atoms with van der Waals surface area (Å²) in [6, 6.07) is 1.15. The summed E-state index contributed by atoms with van der Waals surface area (Å²) in [6.45, 7) is 2.84. The molecule has 1 aromatic carbocycles. The fraction of sp³-hybridized carbons (Fsp3) is 0.417. The number of hydrogen-bond donors (Lipinski definition) is 7. The number of rotatable bonds is 3. The number of aliphatic hydroxyl groups excluding tert-OH is 3. The van der Waals surface area contributed by atoms with Gasteiger partial charge in [0.15, 0.2) is 11.4 Å². The minimum Gasteiger partial charge on any atom is -0.508 e. The number of fused-ring (bicyclic) bond motifs is 3. The zero-order chi connectivity index (χ0) is 27.0. The fourth-order valence-corrected chi connectivity index (χ4v) is 6.00. The molecule has 3 aliphatic carbocycles. The van der Waals surface area contributed by atoms with E-state index in [2.05, 4.69) is 5.32 Å². The second kappa shape index (κ2) is 8.15. The number of hydrogen-bond acceptors (Lipinski definition) is 10. The van der Waals surface area contributed by atoms with Gasteiger partial charge in [0, 0.05) is 24.1 Å². The standard InChI is InChI=1S/C24H27N3O9/c1-7-11-9(26-8(2)28)5-6-10(29)13(11)18(30)14-12(7)19(31)16-17(27(3)4)20(32)15(23(25)35)22(34)24(16,36)21(14)33/h5-7,12,16-17,19,29-31,34,36H,1-4H3,(H2,25,35)(H,26,28)/t7-,12+,16+,17-,19-,24-/m0/s1. The summed E-state index contributed by atoms with van der Waals surface area (Å²) in [4.78, 5) is 52.1. The fourth-order valence-electron chi connectivity index (χ4n) is 6.00. The van der Waals surface area contributed by atoms with E-state index in [9.17, 15) is 44.7 Å². The Bertz CT molecular complexity index is 1300. The van der Waals surface area contributed by atoms with Crippen molar-refractivity contribution in [3.8, 4) is 5.75 Å². The summed E-state index contributed by atoms with van der Waals surface area (Å²) in [6.07, 6.45) is -1.71. The summed E-state index contributed by atoms with van der Waals surface area (Å²) < 4.78 is 0. The highest BCUT2D eigenvalue weighted by Gasteiger charge is 2.68. The number of primary amides is 1. The third kappa shape index (κ3) is 3.11. The molecule has 0 radical (unpaired) electrons. The number of nitrogens with two attached hydrogens (primary N) is 1. The third-order valence-corrected chi connectivity index (χ3v) is 7.42. The van der Waals surface area contributed by atoms with Gasteiger partial charge in [-0.05, 0) is 37.7 Å². The van der Waals surface area contributed by atoms with Gasteiger partial charge in [0.2, 0.25) is 11.7 Å². The van der Waals surface area contributed by atoms with Gasteiger partial charge in [-0.25, -0.2) is 0 Å². The van der Waals surface area contributed by atoms with Crippen molar-refractivity contribution in [1.82, 2.24) is 4.90 Å². The molecule has 0 heterocycles. The van der Waals surface area contributed by atoms with Crippen LogP contribution in [0.25, 0.3) is 5.76 Å². The molecular formula is C24H27N3O9. The van der Waals surface area contributed by atoms with E-state index in [1.54, 1.807) is 6.92 Å². The summed E-state index contributed by atoms with van der Waals surface area (Å²) in [7, 11) is 2.85. The number of ketones is 2. The summed E-state index contributed by atoms with van der Waals surface area (Å²) in [5, 5.41) is 58.4. The van der Waals surface area contributed by atoms with Crippen LogP contribution in [0.2, 0.25) is 0 Å². The SMILES string of the molecule is CC(=O)Nc1ccc(O)c2c1[C@H](C)[C@@H]1C(=C2O)C(=O)[C@]2(O)C(O)=C(C(N)=O)C(=O)[C@@H](N(C)C)[C@@H]2[C@H]1O. The molecule has 12 heteroatoms. The molecule has 1 aromatic rings. The molecule has 3 aliphatic rings. The van der Waals surface area contributed by atoms with E-state index in [1.165, 1.54) is 38.1 Å². The predicted molar refractivity (Wildman–Crippen MR) is 125 cm³/mol. The van der Waals surface area contributed by atoms with Crippen LogP contribution >= 0.6 is 0 Å². The maximum Gasteiger partial charge on any atom is 0.255 e. The number of phenolic OH excluding ortho intramolecular Hbond substituents is 1. The van der Waals surface area contributed by atoms with Crippen LogP contribution < -0.4 is 11.1 Å². The zero-order valence-electron chi connectivity index (χ0n) is 19.9. The van der Waals surface area contributed by atoms with Gasteiger partial charge in [-0.3, -0.25) is 24.1 Å². The molecule has 12 nitrogen and oxygen atoms in total. The van der Waals surface area contributed by atoms with Crippen molar-refractivity contribution in [1.29, 1.82) is 0 Å². The summed E-state index contributed by atoms with van der Waals surface area (Å²) in [5.74, 6) is -10.3. The van der Waals surface area contributed by atoms with Gasteiger partial charge in [-0.1, -0.05) is 6.92 Å². The molecule has 2 amide bonds. The first-order valence-electron chi connectivity index (χ1n) is 11.1. The zero-order valence-corrected chi connectivity index (χ0v) is 19.9. The Morgan fingerprint density at radius 1 is 1.14 bits per heavy atom. The van der Waals surface area contributed by atoms with Crippen molar-refractivity contribution in [3.05, 3.63) is 40.2 Å². The Morgan fingerprint density at radius 2 is 1.75 bits per heavy atom. The van der Waals surface area contributed by atoms with E-state index < -0.39 is 87.3 Å². The molecule has 0 unspecified atom stereocenters. The Hall–Kier alpha value is -3.74. The highest BCUT2D eigenvalue weighted by atomic mass is 16.4. The highest BCUT2D eigenvalue weighted by molar-refractivity contribution is 6.24. The molecule has 4 rings (SSSR count). The molecular weight excluding hydrogens is 474 g/mol. The van der Waals surface area contributed by atoms with E-state index in [0.29, 0.717) is 0 Å². The van der Waals surface area contributed by atoms with Crippen molar-refractivity contribution in [2.75, 3.05) is 19.4 Å². The Labute approximate surface area is 205 Å². The number of likely N-dealkylation sites (N-methyl/N-ethyl adjacent to an activating group) is 1. The predicted octanol–water partition coefficient (Wildman–Crippen LogP) is -0.546. The number of carbonyl (C=O) groups is 4. The molecule has 0 spiro atoms. The van der Waals surface area contributed by atoms with Crippen molar-refractivity contribution >= 4 is 34.8 Å². The lowest BCUT2D eigenvalue weighted by molar-refractivity contribution is -0.169. The highest BCUT2D eigenvalue weighted by Crippen LogP contribution is 2.57. The van der Waals surface area contributed by atoms with Crippen LogP contribution in [0, 0.1) is 11.8 Å². The molecule has 8 N–H and O–H groups in total. The first kappa shape index (κ1) is 25.4. The minimum absolute atomic E-state index is 0.197. The molecule has 0 bridgehead atoms. The van der Waals surface area contributed by atoms with Crippen LogP contribution in [0.15, 0.2) is 29.0 Å². The van der Waals surface area contributed by atoms with Gasteiger partial charge in [-0.15, -0.1) is 0 Å². The number of carbonyl (C=O) groups excluding carboxylic acids is 4. The van der Waals surface area contributed by atoms with Crippen LogP contribution in [0.3, 0.4) is 0 Å². The van der Waals surface area contributed by atoms with Crippen molar-refractivity contribution in [2.45, 2.75) is 37.5 Å². The number of nitrogens with one attached hydrogen (secondary N) is 1. The van der Waals surface area contributed by atoms with Crippen LogP contribution in [-0.2, 0) is 19.2 Å². The van der Waals surface area contributed by atoms with Crippen LogP contribution in [0.5, 0.6) is 5.75 Å². The largest absolute Gasteiger partial charge is 0.508 e. The number of phenols is 1. The monoisotopic (exact) mass is 501 g/mol. The third-order valence-electron chi connectivity index (χ3n) is 7.42. The molecule has 192 valence electrons. The topological polar surface area (TPSA) is 211 Å². The lowest BCUT2D eigenvalue weighted by Gasteiger charge is -2.53. The van der Waals surface area contributed by atoms with Gasteiger partial charge < -0.3 is 36.6 Å². The van der Waals surface area contributed by atoms with E-state index in [4.69, 9.17) is 5.73 Å². The van der Waals surface area contributed by atoms with Crippen molar-refractivity contribution in [2.24, 2.45) is 17.6 Å². The second-order valence-corrected chi connectivity index (χ2v) is 9.65. The van der Waals surface area contributed by atoms with E-state index in [-0.39, 0.29) is 16.8 Å². The van der Waals surface area contributed by atoms with Gasteiger partial charge in [0.05, 0.1) is 23.6 Å². The Balaban J connectivity index is 2.07. The average Bonchev–Trinajstić information content (AvgIpc) is 2.76. The van der Waals surface area contributed by atoms with E-state index >= 15 is 0 Å². The van der Waals surface area contributed by atoms with Gasteiger partial charge in [0.25, 0.3) is 5.91 Å². The first-order chi connectivity index (χ1) is 16.7. The molecule has 6 atom stereocenters. The second-order valence-electron chi connectivity index (χ2n) is 9.65. The smallest absolute Gasteiger partial charge is 0.255 e. The quantitative estimate of drug-likeness (QED) is 0.207. The lowest BCUT2D eigenvalue weighted by Crippen LogP contribution is -2.70. The van der Waals surface area contributed by atoms with Gasteiger partial charge in [-0.2, -0.15) is 0 Å². The molecule has 36 heavy (non-hydrogen) atoms. The van der Waals surface area contributed by atoms with Crippen molar-refractivity contribution in [3.63, 3.8) is 0 Å². The summed E-state index contributed by atoms with van der Waals surface area (Å²) in [5.41, 5.74) is 1.08. The lowest BCUT2D eigenvalue weighted by atomic mass is 9.54. The number of aromatic hydroxyl groups is 1. The molecule has 0 saturated heterocycles. The average molecular weight is 501 g/mol. The number of nitrogens with zero attached hydrogens (tertiary/aromatic N) is 1. The Kier molecular flexibility index (Phi) is 5.74. The Morgan fingerprint density at radius 3 is 2.28 bits per heavy atom. The number of aliphatic hydroxyl groups is 4. The van der Waals surface area contributed by atoms with Gasteiger partial charge in [0.1, 0.15) is 22.8 Å². The maximum absolute atomic E-state index is 13.8. The number of Topliss-reactive ketones (excluding diaryl/α,β-unsaturated/α-hetero) is 2. The van der Waals surface area contributed by atoms with E-state index in [1.807, 2.05) is 0 Å². The normalized spacial score (nSPS) is 31.7. The molecule has 1 saturated carbocycles. The molecule has 0 aliphatic heterocycles. The number of anilines is 1. The summed E-state index contributed by atoms with van der Waals surface area (Å²) >= 11 is 0. The number of benzene rings is 1. The maximum atomic E-state index is 13.8. The van der Waals surface area contributed by atoms with Gasteiger partial charge >= 0.3 is 0 Å². The van der Waals surface area contributed by atoms with E-state index in [0.717, 1.165) is 0 Å². The number of amides is 2. The first-order valence-corrected chi connectivity index (χ1v) is 11.1. The minimum atomic E-state index is -2.98. The molecule has 1 fully saturated rings. The van der Waals surface area contributed by atoms with Crippen LogP contribution in [0.1, 0.15) is 30.9 Å². The van der Waals surface area contributed by atoms with Crippen molar-refractivity contribution < 1.29 is 44.7 Å². The molecule has 0 aromatic heterocycles.